The van der Waals surface area contributed by atoms with E-state index in [1.807, 2.05) is 0 Å². The van der Waals surface area contributed by atoms with Crippen molar-refractivity contribution in [2.24, 2.45) is 0 Å². The molecule has 2 rings (SSSR count). The van der Waals surface area contributed by atoms with Gasteiger partial charge in [0.05, 0.1) is 0 Å². The fraction of sp³-hybridized carbons (Fsp3) is 0.364. The zero-order chi connectivity index (χ0) is 10.8. The van der Waals surface area contributed by atoms with Crippen molar-refractivity contribution in [3.63, 3.8) is 0 Å². The molecule has 0 saturated carbocycles. The van der Waals surface area contributed by atoms with Gasteiger partial charge >= 0.3 is 0 Å². The van der Waals surface area contributed by atoms with Gasteiger partial charge in [0.15, 0.2) is 0 Å². The van der Waals surface area contributed by atoms with Crippen LogP contribution < -0.4 is 5.32 Å². The highest BCUT2D eigenvalue weighted by Crippen LogP contribution is 2.15. The van der Waals surface area contributed by atoms with Gasteiger partial charge in [0, 0.05) is 18.5 Å². The van der Waals surface area contributed by atoms with Crippen molar-refractivity contribution in [2.75, 3.05) is 0 Å². The van der Waals surface area contributed by atoms with Crippen molar-refractivity contribution in [2.45, 2.75) is 25.3 Å². The fourth-order valence-corrected chi connectivity index (χ4v) is 1.84. The number of hydrogen-bond acceptors (Lipinski definition) is 1. The Morgan fingerprint density at radius 2 is 1.93 bits per heavy atom. The summed E-state index contributed by atoms with van der Waals surface area (Å²) in [4.78, 5) is 10.9. The van der Waals surface area contributed by atoms with Crippen LogP contribution >= 0.6 is 0 Å². The maximum Gasteiger partial charge on any atom is 0.220 e. The van der Waals surface area contributed by atoms with Crippen LogP contribution in [0.2, 0.25) is 0 Å². The van der Waals surface area contributed by atoms with Gasteiger partial charge in [0.2, 0.25) is 5.91 Å². The third-order valence-corrected chi connectivity index (χ3v) is 2.49. The van der Waals surface area contributed by atoms with E-state index in [1.54, 1.807) is 0 Å². The number of carbonyl (C=O) groups is 1. The first-order chi connectivity index (χ1) is 7.13. The second-order valence-corrected chi connectivity index (χ2v) is 3.78. The lowest BCUT2D eigenvalue weighted by Crippen LogP contribution is -2.27. The van der Waals surface area contributed by atoms with E-state index in [0.717, 1.165) is 12.5 Å². The summed E-state index contributed by atoms with van der Waals surface area (Å²) in [6.07, 6.45) is 1.72. The Labute approximate surface area is 86.3 Å². The quantitative estimate of drug-likeness (QED) is 0.793. The van der Waals surface area contributed by atoms with E-state index in [1.165, 1.54) is 12.1 Å². The lowest BCUT2D eigenvalue weighted by Gasteiger charge is -2.09. The van der Waals surface area contributed by atoms with Crippen LogP contribution in [-0.2, 0) is 11.2 Å². The molecule has 15 heavy (non-hydrogen) atoms. The molecule has 1 fully saturated rings. The Morgan fingerprint density at radius 1 is 1.27 bits per heavy atom. The van der Waals surface area contributed by atoms with Crippen LogP contribution in [0.15, 0.2) is 18.2 Å². The van der Waals surface area contributed by atoms with E-state index in [2.05, 4.69) is 5.32 Å². The molecule has 1 atom stereocenters. The molecule has 0 aromatic heterocycles. The third kappa shape index (κ3) is 2.52. The minimum absolute atomic E-state index is 0.0110. The second kappa shape index (κ2) is 3.96. The van der Waals surface area contributed by atoms with Crippen molar-refractivity contribution in [1.29, 1.82) is 0 Å². The molecule has 0 radical (unpaired) electrons. The van der Waals surface area contributed by atoms with E-state index in [-0.39, 0.29) is 11.9 Å². The van der Waals surface area contributed by atoms with Crippen LogP contribution in [0.5, 0.6) is 0 Å². The molecule has 1 unspecified atom stereocenters. The second-order valence-electron chi connectivity index (χ2n) is 3.78. The van der Waals surface area contributed by atoms with Gasteiger partial charge in [-0.3, -0.25) is 4.79 Å². The molecule has 1 amide bonds. The molecule has 1 N–H and O–H groups in total. The third-order valence-electron chi connectivity index (χ3n) is 2.49. The van der Waals surface area contributed by atoms with Crippen molar-refractivity contribution in [3.05, 3.63) is 35.4 Å². The van der Waals surface area contributed by atoms with Crippen LogP contribution in [0, 0.1) is 11.6 Å². The predicted molar refractivity (Wildman–Crippen MR) is 51.2 cm³/mol. The summed E-state index contributed by atoms with van der Waals surface area (Å²) in [6, 6.07) is 3.45. The number of halogens is 2. The van der Waals surface area contributed by atoms with Gasteiger partial charge < -0.3 is 5.32 Å². The van der Waals surface area contributed by atoms with E-state index < -0.39 is 11.6 Å². The standard InChI is InChI=1S/C11H11F2NO/c12-8-3-7(4-9(13)6-8)5-10-1-2-11(15)14-10/h3-4,6,10H,1-2,5H2,(H,14,15). The summed E-state index contributed by atoms with van der Waals surface area (Å²) in [6.45, 7) is 0. The van der Waals surface area contributed by atoms with Crippen LogP contribution in [0.3, 0.4) is 0 Å². The van der Waals surface area contributed by atoms with E-state index >= 15 is 0 Å². The van der Waals surface area contributed by atoms with Crippen LogP contribution in [-0.4, -0.2) is 11.9 Å². The number of rotatable bonds is 2. The van der Waals surface area contributed by atoms with Crippen LogP contribution in [0.25, 0.3) is 0 Å². The van der Waals surface area contributed by atoms with Crippen LogP contribution in [0.4, 0.5) is 8.78 Å². The zero-order valence-electron chi connectivity index (χ0n) is 8.09. The van der Waals surface area contributed by atoms with Gasteiger partial charge in [-0.15, -0.1) is 0 Å². The summed E-state index contributed by atoms with van der Waals surface area (Å²) < 4.78 is 25.7. The highest BCUT2D eigenvalue weighted by molar-refractivity contribution is 5.78. The summed E-state index contributed by atoms with van der Waals surface area (Å²) in [5, 5.41) is 2.76. The Morgan fingerprint density at radius 3 is 2.47 bits per heavy atom. The van der Waals surface area contributed by atoms with Gasteiger partial charge in [-0.2, -0.15) is 0 Å². The molecule has 1 aliphatic rings. The highest BCUT2D eigenvalue weighted by atomic mass is 19.1. The maximum atomic E-state index is 12.9. The first-order valence-electron chi connectivity index (χ1n) is 4.88. The van der Waals surface area contributed by atoms with Gasteiger partial charge in [-0.1, -0.05) is 0 Å². The Hall–Kier alpha value is -1.45. The molecular formula is C11H11F2NO. The van der Waals surface area contributed by atoms with Crippen molar-refractivity contribution < 1.29 is 13.6 Å². The minimum Gasteiger partial charge on any atom is -0.353 e. The van der Waals surface area contributed by atoms with Gasteiger partial charge in [-0.25, -0.2) is 8.78 Å². The lowest BCUT2D eigenvalue weighted by atomic mass is 10.0. The maximum absolute atomic E-state index is 12.9. The molecule has 2 nitrogen and oxygen atoms in total. The summed E-state index contributed by atoms with van der Waals surface area (Å²) >= 11 is 0. The molecule has 4 heteroatoms. The Bertz CT molecular complexity index is 372. The molecule has 0 spiro atoms. The molecule has 1 aromatic rings. The van der Waals surface area contributed by atoms with E-state index in [4.69, 9.17) is 0 Å². The Balaban J connectivity index is 2.07. The number of amides is 1. The molecule has 0 bridgehead atoms. The number of carbonyl (C=O) groups excluding carboxylic acids is 1. The Kier molecular flexibility index (Phi) is 2.66. The molecule has 1 saturated heterocycles. The molecule has 1 aliphatic heterocycles. The monoisotopic (exact) mass is 211 g/mol. The molecular weight excluding hydrogens is 200 g/mol. The number of hydrogen-bond donors (Lipinski definition) is 1. The highest BCUT2D eigenvalue weighted by Gasteiger charge is 2.20. The van der Waals surface area contributed by atoms with E-state index in [0.29, 0.717) is 18.4 Å². The molecule has 1 heterocycles. The average Bonchev–Trinajstić information content (AvgIpc) is 2.49. The van der Waals surface area contributed by atoms with Gasteiger partial charge in [-0.05, 0) is 30.5 Å². The van der Waals surface area contributed by atoms with Crippen molar-refractivity contribution in [1.82, 2.24) is 5.32 Å². The number of benzene rings is 1. The molecule has 0 aliphatic carbocycles. The largest absolute Gasteiger partial charge is 0.353 e. The average molecular weight is 211 g/mol. The van der Waals surface area contributed by atoms with Crippen molar-refractivity contribution in [3.8, 4) is 0 Å². The first-order valence-corrected chi connectivity index (χ1v) is 4.88. The molecule has 1 aromatic carbocycles. The smallest absolute Gasteiger partial charge is 0.220 e. The fourth-order valence-electron chi connectivity index (χ4n) is 1.84. The number of nitrogens with one attached hydrogen (secondary N) is 1. The summed E-state index contributed by atoms with van der Waals surface area (Å²) in [5.74, 6) is -1.14. The van der Waals surface area contributed by atoms with Gasteiger partial charge in [0.1, 0.15) is 11.6 Å². The van der Waals surface area contributed by atoms with Gasteiger partial charge in [0.25, 0.3) is 0 Å². The van der Waals surface area contributed by atoms with Crippen molar-refractivity contribution >= 4 is 5.91 Å². The topological polar surface area (TPSA) is 29.1 Å². The molecule has 80 valence electrons. The lowest BCUT2D eigenvalue weighted by molar-refractivity contribution is -0.119. The SMILES string of the molecule is O=C1CCC(Cc2cc(F)cc(F)c2)N1. The van der Waals surface area contributed by atoms with E-state index in [9.17, 15) is 13.6 Å². The summed E-state index contributed by atoms with van der Waals surface area (Å²) in [7, 11) is 0. The summed E-state index contributed by atoms with van der Waals surface area (Å²) in [5.41, 5.74) is 0.583. The first kappa shape index (κ1) is 10.1. The minimum atomic E-state index is -0.575. The zero-order valence-corrected chi connectivity index (χ0v) is 8.09. The normalized spacial score (nSPS) is 20.4. The van der Waals surface area contributed by atoms with Crippen LogP contribution in [0.1, 0.15) is 18.4 Å². The predicted octanol–water partition coefficient (Wildman–Crippen LogP) is 1.79.